The second-order valence-corrected chi connectivity index (χ2v) is 6.60. The monoisotopic (exact) mass is 309 g/mol. The fraction of sp³-hybridized carbons (Fsp3) is 0.533. The third-order valence-electron chi connectivity index (χ3n) is 4.26. The zero-order valence-corrected chi connectivity index (χ0v) is 14.0. The first kappa shape index (κ1) is 16.5. The second kappa shape index (κ2) is 5.74. The van der Waals surface area contributed by atoms with Gasteiger partial charge in [-0.2, -0.15) is 17.0 Å². The zero-order chi connectivity index (χ0) is 15.8. The summed E-state index contributed by atoms with van der Waals surface area (Å²) in [6, 6.07) is 1.77. The van der Waals surface area contributed by atoms with Crippen molar-refractivity contribution >= 4 is 25.8 Å². The summed E-state index contributed by atoms with van der Waals surface area (Å²) in [4.78, 5) is 3.64. The van der Waals surface area contributed by atoms with Crippen LogP contribution in [-0.2, 0) is 9.31 Å². The molecule has 0 aliphatic carbocycles. The molecule has 1 aliphatic rings. The average molecular weight is 309 g/mol. The van der Waals surface area contributed by atoms with Crippen LogP contribution in [0.25, 0.3) is 6.08 Å². The molecule has 0 spiro atoms. The van der Waals surface area contributed by atoms with Gasteiger partial charge in [0.15, 0.2) is 0 Å². The van der Waals surface area contributed by atoms with Crippen LogP contribution in [0.4, 0.5) is 4.39 Å². The Hall–Kier alpha value is -0.845. The lowest BCUT2D eigenvalue weighted by molar-refractivity contribution is 0.00578. The van der Waals surface area contributed by atoms with Gasteiger partial charge >= 0.3 is 7.12 Å². The second-order valence-electron chi connectivity index (χ2n) is 6.28. The molecule has 0 radical (unpaired) electrons. The maximum atomic E-state index is 13.5. The van der Waals surface area contributed by atoms with E-state index >= 15 is 0 Å². The van der Waals surface area contributed by atoms with E-state index in [0.717, 1.165) is 11.0 Å². The van der Waals surface area contributed by atoms with Gasteiger partial charge in [0.2, 0.25) is 5.95 Å². The van der Waals surface area contributed by atoms with Gasteiger partial charge in [-0.25, -0.2) is 4.98 Å². The molecule has 1 fully saturated rings. The molecule has 0 aromatic carbocycles. The van der Waals surface area contributed by atoms with Gasteiger partial charge in [-0.15, -0.1) is 0 Å². The first-order valence-corrected chi connectivity index (χ1v) is 7.59. The number of rotatable bonds is 3. The van der Waals surface area contributed by atoms with Crippen molar-refractivity contribution in [3.05, 3.63) is 34.8 Å². The van der Waals surface area contributed by atoms with E-state index in [0.29, 0.717) is 11.3 Å². The Morgan fingerprint density at radius 1 is 1.33 bits per heavy atom. The maximum Gasteiger partial charge on any atom is 0.491 e. The fourth-order valence-electron chi connectivity index (χ4n) is 2.06. The molecule has 2 rings (SSSR count). The summed E-state index contributed by atoms with van der Waals surface area (Å²) in [5.41, 5.74) is 1.33. The van der Waals surface area contributed by atoms with Crippen molar-refractivity contribution < 1.29 is 13.7 Å². The highest BCUT2D eigenvalue weighted by Gasteiger charge is 2.52. The molecule has 0 unspecified atom stereocenters. The van der Waals surface area contributed by atoms with Crippen LogP contribution in [0.1, 0.15) is 38.8 Å². The number of pyridine rings is 1. The van der Waals surface area contributed by atoms with Gasteiger partial charge < -0.3 is 9.31 Å². The minimum atomic E-state index is -0.469. The van der Waals surface area contributed by atoms with E-state index in [9.17, 15) is 4.39 Å². The Balaban J connectivity index is 2.33. The number of halogens is 1. The normalized spacial score (nSPS) is 20.9. The van der Waals surface area contributed by atoms with Crippen molar-refractivity contribution in [2.75, 3.05) is 5.75 Å². The zero-order valence-electron chi connectivity index (χ0n) is 13.1. The molecule has 1 aromatic heterocycles. The van der Waals surface area contributed by atoms with Crippen LogP contribution < -0.4 is 0 Å². The minimum absolute atomic E-state index is 0.405. The minimum Gasteiger partial charge on any atom is -0.400 e. The van der Waals surface area contributed by atoms with Gasteiger partial charge in [0.25, 0.3) is 0 Å². The molecule has 1 aromatic rings. The quantitative estimate of drug-likeness (QED) is 0.527. The number of aromatic nitrogens is 1. The van der Waals surface area contributed by atoms with Crippen LogP contribution in [0.2, 0.25) is 0 Å². The van der Waals surface area contributed by atoms with Crippen LogP contribution in [0.3, 0.4) is 0 Å². The summed E-state index contributed by atoms with van der Waals surface area (Å²) in [6.07, 6.45) is 3.32. The Morgan fingerprint density at radius 3 is 2.43 bits per heavy atom. The summed E-state index contributed by atoms with van der Waals surface area (Å²) in [5, 5.41) is 0. The third-order valence-corrected chi connectivity index (χ3v) is 4.63. The van der Waals surface area contributed by atoms with Gasteiger partial charge in [0.05, 0.1) is 11.2 Å². The summed E-state index contributed by atoms with van der Waals surface area (Å²) in [6.45, 7) is 9.70. The molecule has 2 heterocycles. The number of hydrogen-bond acceptors (Lipinski definition) is 4. The molecular weight excluding hydrogens is 288 g/mol. The Bertz CT molecular complexity index is 559. The Kier molecular flexibility index (Phi) is 4.52. The lowest BCUT2D eigenvalue weighted by atomic mass is 9.78. The average Bonchev–Trinajstić information content (AvgIpc) is 2.60. The molecule has 0 atom stereocenters. The van der Waals surface area contributed by atoms with Crippen molar-refractivity contribution in [2.45, 2.75) is 45.8 Å². The van der Waals surface area contributed by atoms with E-state index in [1.807, 2.05) is 33.8 Å². The summed E-state index contributed by atoms with van der Waals surface area (Å²) in [7, 11) is -0.469. The van der Waals surface area contributed by atoms with Crippen molar-refractivity contribution in [3.8, 4) is 0 Å². The van der Waals surface area contributed by atoms with Crippen LogP contribution >= 0.6 is 12.6 Å². The lowest BCUT2D eigenvalue weighted by Crippen LogP contribution is -2.41. The molecule has 114 valence electrons. The van der Waals surface area contributed by atoms with E-state index < -0.39 is 24.3 Å². The first-order valence-electron chi connectivity index (χ1n) is 6.96. The summed E-state index contributed by atoms with van der Waals surface area (Å²) in [5.74, 6) is 0.0106. The molecule has 0 saturated carbocycles. The van der Waals surface area contributed by atoms with Gasteiger partial charge in [0, 0.05) is 17.5 Å². The fourth-order valence-corrected chi connectivity index (χ4v) is 2.30. The number of thiol groups is 1. The molecule has 1 saturated heterocycles. The Labute approximate surface area is 131 Å². The smallest absolute Gasteiger partial charge is 0.400 e. The van der Waals surface area contributed by atoms with Gasteiger partial charge in [0.1, 0.15) is 0 Å². The van der Waals surface area contributed by atoms with Crippen molar-refractivity contribution in [2.24, 2.45) is 0 Å². The van der Waals surface area contributed by atoms with Gasteiger partial charge in [-0.05, 0) is 51.7 Å². The van der Waals surface area contributed by atoms with Crippen LogP contribution in [0, 0.1) is 12.9 Å². The van der Waals surface area contributed by atoms with Gasteiger partial charge in [-0.3, -0.25) is 0 Å². The van der Waals surface area contributed by atoms with E-state index in [-0.39, 0.29) is 0 Å². The predicted molar refractivity (Wildman–Crippen MR) is 86.8 cm³/mol. The topological polar surface area (TPSA) is 31.4 Å². The number of nitrogens with zero attached hydrogens (tertiary/aromatic N) is 1. The molecule has 21 heavy (non-hydrogen) atoms. The summed E-state index contributed by atoms with van der Waals surface area (Å²) >= 11 is 4.36. The SMILES string of the molecule is Cc1c(C=C(CS)B2OC(C)(C)C(C)(C)O2)ccnc1F. The maximum absolute atomic E-state index is 13.5. The van der Waals surface area contributed by atoms with Crippen molar-refractivity contribution in [1.29, 1.82) is 0 Å². The van der Waals surface area contributed by atoms with Crippen LogP contribution in [-0.4, -0.2) is 29.1 Å². The van der Waals surface area contributed by atoms with Crippen molar-refractivity contribution in [3.63, 3.8) is 0 Å². The van der Waals surface area contributed by atoms with Crippen molar-refractivity contribution in [1.82, 2.24) is 4.98 Å². The molecule has 0 amide bonds. The highest BCUT2D eigenvalue weighted by Crippen LogP contribution is 2.39. The molecule has 6 heteroatoms. The van der Waals surface area contributed by atoms with E-state index in [1.165, 1.54) is 6.20 Å². The molecule has 3 nitrogen and oxygen atoms in total. The summed E-state index contributed by atoms with van der Waals surface area (Å²) < 4.78 is 25.6. The van der Waals surface area contributed by atoms with Crippen LogP contribution in [0.15, 0.2) is 17.7 Å². The highest BCUT2D eigenvalue weighted by atomic mass is 32.1. The molecule has 0 bridgehead atoms. The van der Waals surface area contributed by atoms with Crippen LogP contribution in [0.5, 0.6) is 0 Å². The third kappa shape index (κ3) is 3.17. The first-order chi connectivity index (χ1) is 9.68. The van der Waals surface area contributed by atoms with Gasteiger partial charge in [-0.1, -0.05) is 6.08 Å². The molecular formula is C15H21BFNO2S. The highest BCUT2D eigenvalue weighted by molar-refractivity contribution is 7.80. The predicted octanol–water partition coefficient (Wildman–Crippen LogP) is 3.47. The van der Waals surface area contributed by atoms with E-state index in [4.69, 9.17) is 9.31 Å². The molecule has 1 aliphatic heterocycles. The Morgan fingerprint density at radius 2 is 1.90 bits per heavy atom. The largest absolute Gasteiger partial charge is 0.491 e. The van der Waals surface area contributed by atoms with E-state index in [1.54, 1.807) is 13.0 Å². The standard InChI is InChI=1S/C15H21BFNO2S/c1-10-11(6-7-18-13(10)17)8-12(9-21)16-19-14(2,3)15(4,5)20-16/h6-8,21H,9H2,1-5H3. The number of hydrogen-bond donors (Lipinski definition) is 1. The lowest BCUT2D eigenvalue weighted by Gasteiger charge is -2.32. The van der Waals surface area contributed by atoms with E-state index in [2.05, 4.69) is 17.6 Å². The molecule has 0 N–H and O–H groups in total.